The lowest BCUT2D eigenvalue weighted by Gasteiger charge is -2.07. The van der Waals surface area contributed by atoms with Gasteiger partial charge < -0.3 is 0 Å². The van der Waals surface area contributed by atoms with E-state index in [0.29, 0.717) is 0 Å². The summed E-state index contributed by atoms with van der Waals surface area (Å²) in [4.78, 5) is 4.11. The maximum atomic E-state index is 8.73. The van der Waals surface area contributed by atoms with Crippen molar-refractivity contribution in [2.75, 3.05) is 5.23 Å². The second-order valence-corrected chi connectivity index (χ2v) is 3.06. The molecule has 0 bridgehead atoms. The van der Waals surface area contributed by atoms with Crippen LogP contribution in [-0.2, 0) is 0 Å². The van der Waals surface area contributed by atoms with Gasteiger partial charge in [-0.15, -0.1) is 5.23 Å². The standard InChI is InChI=1S/C11H10N2O2/c14-13(15)10-6-7-11(12-8-10)9-4-2-1-3-5-9/h1-8,14-15H. The maximum Gasteiger partial charge on any atom is 0.113 e. The van der Waals surface area contributed by atoms with E-state index in [1.54, 1.807) is 12.1 Å². The van der Waals surface area contributed by atoms with Crippen molar-refractivity contribution in [2.45, 2.75) is 0 Å². The summed E-state index contributed by atoms with van der Waals surface area (Å²) in [5, 5.41) is 17.5. The van der Waals surface area contributed by atoms with Crippen LogP contribution in [0, 0.1) is 0 Å². The average molecular weight is 202 g/mol. The Morgan fingerprint density at radius 1 is 0.933 bits per heavy atom. The topological polar surface area (TPSA) is 56.6 Å². The minimum Gasteiger partial charge on any atom is -0.264 e. The molecule has 1 aromatic carbocycles. The van der Waals surface area contributed by atoms with Crippen molar-refractivity contribution in [1.82, 2.24) is 4.98 Å². The number of rotatable bonds is 2. The fourth-order valence-corrected chi connectivity index (χ4v) is 1.28. The van der Waals surface area contributed by atoms with Gasteiger partial charge in [0.1, 0.15) is 5.69 Å². The normalized spacial score (nSPS) is 10.0. The molecule has 0 spiro atoms. The lowest BCUT2D eigenvalue weighted by Crippen LogP contribution is -2.10. The van der Waals surface area contributed by atoms with Crippen LogP contribution in [0.1, 0.15) is 0 Å². The first-order valence-electron chi connectivity index (χ1n) is 4.47. The summed E-state index contributed by atoms with van der Waals surface area (Å²) in [5.74, 6) is 0. The molecular formula is C11H10N2O2. The van der Waals surface area contributed by atoms with Gasteiger partial charge in [0.15, 0.2) is 0 Å². The van der Waals surface area contributed by atoms with Crippen LogP contribution < -0.4 is 5.23 Å². The van der Waals surface area contributed by atoms with Crippen molar-refractivity contribution in [3.05, 3.63) is 48.7 Å². The first-order chi connectivity index (χ1) is 7.27. The molecular weight excluding hydrogens is 192 g/mol. The highest BCUT2D eigenvalue weighted by atomic mass is 16.8. The fraction of sp³-hybridized carbons (Fsp3) is 0. The molecule has 0 saturated heterocycles. The summed E-state index contributed by atoms with van der Waals surface area (Å²) in [5.41, 5.74) is 2.02. The quantitative estimate of drug-likeness (QED) is 0.734. The molecule has 1 heterocycles. The molecule has 0 radical (unpaired) electrons. The molecule has 4 heteroatoms. The van der Waals surface area contributed by atoms with E-state index in [9.17, 15) is 0 Å². The fourth-order valence-electron chi connectivity index (χ4n) is 1.28. The smallest absolute Gasteiger partial charge is 0.113 e. The third kappa shape index (κ3) is 2.12. The summed E-state index contributed by atoms with van der Waals surface area (Å²) in [6.07, 6.45) is 1.39. The summed E-state index contributed by atoms with van der Waals surface area (Å²) in [6, 6.07) is 13.0. The molecule has 0 unspecified atom stereocenters. The zero-order chi connectivity index (χ0) is 10.7. The van der Waals surface area contributed by atoms with Crippen molar-refractivity contribution < 1.29 is 10.4 Å². The first-order valence-corrected chi connectivity index (χ1v) is 4.47. The average Bonchev–Trinajstić information content (AvgIpc) is 2.30. The monoisotopic (exact) mass is 202 g/mol. The Bertz CT molecular complexity index is 426. The molecule has 0 amide bonds. The van der Waals surface area contributed by atoms with Crippen molar-refractivity contribution >= 4 is 5.69 Å². The summed E-state index contributed by atoms with van der Waals surface area (Å²) in [6.45, 7) is 0. The molecule has 76 valence electrons. The van der Waals surface area contributed by atoms with Crippen LogP contribution in [-0.4, -0.2) is 15.4 Å². The number of anilines is 1. The molecule has 0 saturated carbocycles. The van der Waals surface area contributed by atoms with E-state index in [1.165, 1.54) is 6.20 Å². The van der Waals surface area contributed by atoms with E-state index in [-0.39, 0.29) is 10.9 Å². The van der Waals surface area contributed by atoms with Crippen molar-refractivity contribution in [3.8, 4) is 11.3 Å². The van der Waals surface area contributed by atoms with Crippen molar-refractivity contribution in [3.63, 3.8) is 0 Å². The molecule has 0 fully saturated rings. The van der Waals surface area contributed by atoms with Gasteiger partial charge in [-0.05, 0) is 12.1 Å². The van der Waals surface area contributed by atoms with Crippen molar-refractivity contribution in [2.24, 2.45) is 0 Å². The van der Waals surface area contributed by atoms with Crippen molar-refractivity contribution in [1.29, 1.82) is 0 Å². The molecule has 2 N–H and O–H groups in total. The second-order valence-electron chi connectivity index (χ2n) is 3.06. The Morgan fingerprint density at radius 2 is 1.67 bits per heavy atom. The van der Waals surface area contributed by atoms with Crippen LogP contribution in [0.2, 0.25) is 0 Å². The molecule has 2 aromatic rings. The number of hydrogen-bond donors (Lipinski definition) is 2. The van der Waals surface area contributed by atoms with Crippen LogP contribution in [0.3, 0.4) is 0 Å². The van der Waals surface area contributed by atoms with E-state index in [1.807, 2.05) is 30.3 Å². The minimum atomic E-state index is 0.0434. The van der Waals surface area contributed by atoms with Gasteiger partial charge in [-0.25, -0.2) is 0 Å². The molecule has 4 nitrogen and oxygen atoms in total. The third-order valence-corrected chi connectivity index (χ3v) is 2.05. The Morgan fingerprint density at radius 3 is 2.20 bits per heavy atom. The maximum absolute atomic E-state index is 8.73. The van der Waals surface area contributed by atoms with Gasteiger partial charge in [0, 0.05) is 5.56 Å². The lowest BCUT2D eigenvalue weighted by atomic mass is 10.1. The number of nitrogens with zero attached hydrogens (tertiary/aromatic N) is 2. The van der Waals surface area contributed by atoms with Crippen LogP contribution in [0.4, 0.5) is 5.69 Å². The van der Waals surface area contributed by atoms with Gasteiger partial charge in [0.2, 0.25) is 0 Å². The van der Waals surface area contributed by atoms with Crippen LogP contribution in [0.25, 0.3) is 11.3 Å². The highest BCUT2D eigenvalue weighted by Crippen LogP contribution is 2.18. The Labute approximate surface area is 87.0 Å². The molecule has 0 aliphatic heterocycles. The SMILES string of the molecule is ON(O)c1ccc(-c2ccccc2)nc1. The van der Waals surface area contributed by atoms with Gasteiger partial charge in [-0.1, -0.05) is 30.3 Å². The first kappa shape index (κ1) is 9.64. The molecule has 2 rings (SSSR count). The number of aromatic nitrogens is 1. The Kier molecular flexibility index (Phi) is 2.62. The summed E-state index contributed by atoms with van der Waals surface area (Å²) in [7, 11) is 0. The molecule has 15 heavy (non-hydrogen) atoms. The summed E-state index contributed by atoms with van der Waals surface area (Å²) < 4.78 is 0. The van der Waals surface area contributed by atoms with E-state index < -0.39 is 0 Å². The van der Waals surface area contributed by atoms with Crippen LogP contribution in [0.5, 0.6) is 0 Å². The van der Waals surface area contributed by atoms with Gasteiger partial charge in [-0.3, -0.25) is 15.4 Å². The Hall–Kier alpha value is -1.91. The molecule has 1 aromatic heterocycles. The van der Waals surface area contributed by atoms with Gasteiger partial charge >= 0.3 is 0 Å². The van der Waals surface area contributed by atoms with E-state index in [0.717, 1.165) is 11.3 Å². The minimum absolute atomic E-state index is 0.0434. The highest BCUT2D eigenvalue weighted by molar-refractivity contribution is 5.60. The molecule has 0 atom stereocenters. The second kappa shape index (κ2) is 4.08. The Balaban J connectivity index is 2.32. The highest BCUT2D eigenvalue weighted by Gasteiger charge is 2.01. The third-order valence-electron chi connectivity index (χ3n) is 2.05. The van der Waals surface area contributed by atoms with E-state index in [4.69, 9.17) is 10.4 Å². The summed E-state index contributed by atoms with van der Waals surface area (Å²) >= 11 is 0. The molecule has 0 aliphatic rings. The van der Waals surface area contributed by atoms with Crippen LogP contribution in [0.15, 0.2) is 48.7 Å². The van der Waals surface area contributed by atoms with E-state index >= 15 is 0 Å². The predicted molar refractivity (Wildman–Crippen MR) is 55.7 cm³/mol. The largest absolute Gasteiger partial charge is 0.264 e. The lowest BCUT2D eigenvalue weighted by molar-refractivity contribution is 0.0290. The van der Waals surface area contributed by atoms with Gasteiger partial charge in [0.25, 0.3) is 0 Å². The number of benzene rings is 1. The molecule has 0 aliphatic carbocycles. The van der Waals surface area contributed by atoms with Gasteiger partial charge in [-0.2, -0.15) is 0 Å². The zero-order valence-electron chi connectivity index (χ0n) is 7.91. The number of pyridine rings is 1. The van der Waals surface area contributed by atoms with E-state index in [2.05, 4.69) is 4.98 Å². The van der Waals surface area contributed by atoms with Gasteiger partial charge in [0.05, 0.1) is 11.9 Å². The van der Waals surface area contributed by atoms with Crippen LogP contribution >= 0.6 is 0 Å². The number of hydrogen-bond acceptors (Lipinski definition) is 4. The zero-order valence-corrected chi connectivity index (χ0v) is 7.91. The predicted octanol–water partition coefficient (Wildman–Crippen LogP) is 2.33.